The van der Waals surface area contributed by atoms with E-state index in [2.05, 4.69) is 0 Å². The quantitative estimate of drug-likeness (QED) is 0.911. The number of aliphatic carboxylic acids is 1. The van der Waals surface area contributed by atoms with Gasteiger partial charge in [0.15, 0.2) is 0 Å². The average Bonchev–Trinajstić information content (AvgIpc) is 2.47. The summed E-state index contributed by atoms with van der Waals surface area (Å²) in [5.41, 5.74) is 1.30. The molecule has 0 aromatic heterocycles. The Morgan fingerprint density at radius 1 is 1.45 bits per heavy atom. The maximum absolute atomic E-state index is 12.6. The Morgan fingerprint density at radius 2 is 2.20 bits per heavy atom. The van der Waals surface area contributed by atoms with Gasteiger partial charge in [0.2, 0.25) is 0 Å². The van der Waals surface area contributed by atoms with Gasteiger partial charge in [0.05, 0.1) is 6.61 Å². The molecule has 1 unspecified atom stereocenters. The van der Waals surface area contributed by atoms with Crippen LogP contribution in [0, 0.1) is 0 Å². The molecule has 1 aliphatic heterocycles. The number of carbonyl (C=O) groups excluding carboxylic acids is 1. The maximum atomic E-state index is 12.6. The molecule has 1 fully saturated rings. The van der Waals surface area contributed by atoms with Gasteiger partial charge in [0, 0.05) is 30.7 Å². The standard InChI is InChI=1S/C14H17NO4S/c1-19-8-10-4-2-3-5-11(10)13(16)15-6-7-20-9-12(15)14(17)18/h2-5,12H,6-9H2,1H3,(H,17,18). The zero-order valence-electron chi connectivity index (χ0n) is 11.2. The summed E-state index contributed by atoms with van der Waals surface area (Å²) in [4.78, 5) is 25.3. The zero-order valence-corrected chi connectivity index (χ0v) is 12.1. The van der Waals surface area contributed by atoms with E-state index in [1.165, 1.54) is 4.90 Å². The average molecular weight is 295 g/mol. The molecule has 108 valence electrons. The second-order valence-electron chi connectivity index (χ2n) is 4.52. The lowest BCUT2D eigenvalue weighted by atomic mass is 10.1. The molecule has 2 rings (SSSR count). The first-order valence-electron chi connectivity index (χ1n) is 6.33. The monoisotopic (exact) mass is 295 g/mol. The van der Waals surface area contributed by atoms with Crippen molar-refractivity contribution in [2.24, 2.45) is 0 Å². The van der Waals surface area contributed by atoms with Gasteiger partial charge in [0.1, 0.15) is 6.04 Å². The molecule has 20 heavy (non-hydrogen) atoms. The Morgan fingerprint density at radius 3 is 2.90 bits per heavy atom. The van der Waals surface area contributed by atoms with Crippen LogP contribution in [0.3, 0.4) is 0 Å². The number of carbonyl (C=O) groups is 2. The third kappa shape index (κ3) is 3.13. The molecule has 0 radical (unpaired) electrons. The Labute approximate surface area is 121 Å². The van der Waals surface area contributed by atoms with Crippen LogP contribution in [-0.4, -0.2) is 53.1 Å². The summed E-state index contributed by atoms with van der Waals surface area (Å²) in [7, 11) is 1.57. The van der Waals surface area contributed by atoms with E-state index in [4.69, 9.17) is 4.74 Å². The number of hydrogen-bond acceptors (Lipinski definition) is 4. The van der Waals surface area contributed by atoms with Gasteiger partial charge in [-0.15, -0.1) is 0 Å². The van der Waals surface area contributed by atoms with Crippen LogP contribution in [0.1, 0.15) is 15.9 Å². The summed E-state index contributed by atoms with van der Waals surface area (Å²) in [6.07, 6.45) is 0. The highest BCUT2D eigenvalue weighted by molar-refractivity contribution is 7.99. The second-order valence-corrected chi connectivity index (χ2v) is 5.67. The van der Waals surface area contributed by atoms with Crippen molar-refractivity contribution >= 4 is 23.6 Å². The second kappa shape index (κ2) is 6.76. The number of ether oxygens (including phenoxy) is 1. The van der Waals surface area contributed by atoms with Gasteiger partial charge in [-0.05, 0) is 11.6 Å². The third-order valence-corrected chi connectivity index (χ3v) is 4.24. The van der Waals surface area contributed by atoms with E-state index in [-0.39, 0.29) is 5.91 Å². The van der Waals surface area contributed by atoms with Gasteiger partial charge >= 0.3 is 5.97 Å². The Balaban J connectivity index is 2.27. The largest absolute Gasteiger partial charge is 0.480 e. The van der Waals surface area contributed by atoms with E-state index in [0.717, 1.165) is 11.3 Å². The predicted molar refractivity (Wildman–Crippen MR) is 76.9 cm³/mol. The maximum Gasteiger partial charge on any atom is 0.327 e. The first kappa shape index (κ1) is 14.9. The summed E-state index contributed by atoms with van der Waals surface area (Å²) in [6.45, 7) is 0.796. The van der Waals surface area contributed by atoms with Crippen LogP contribution in [0.4, 0.5) is 0 Å². The molecule has 1 aromatic rings. The number of amides is 1. The van der Waals surface area contributed by atoms with Crippen molar-refractivity contribution in [2.75, 3.05) is 25.2 Å². The van der Waals surface area contributed by atoms with Crippen molar-refractivity contribution in [3.8, 4) is 0 Å². The van der Waals surface area contributed by atoms with Crippen LogP contribution in [0.25, 0.3) is 0 Å². The Bertz CT molecular complexity index is 506. The number of carboxylic acid groups (broad SMARTS) is 1. The number of carboxylic acids is 1. The Kier molecular flexibility index (Phi) is 5.03. The van der Waals surface area contributed by atoms with Crippen molar-refractivity contribution in [3.05, 3.63) is 35.4 Å². The number of benzene rings is 1. The molecule has 1 N–H and O–H groups in total. The van der Waals surface area contributed by atoms with Crippen molar-refractivity contribution in [2.45, 2.75) is 12.6 Å². The van der Waals surface area contributed by atoms with E-state index in [1.54, 1.807) is 31.0 Å². The van der Waals surface area contributed by atoms with Crippen LogP contribution in [0.5, 0.6) is 0 Å². The summed E-state index contributed by atoms with van der Waals surface area (Å²) < 4.78 is 5.09. The van der Waals surface area contributed by atoms with Crippen LogP contribution >= 0.6 is 11.8 Å². The number of thioether (sulfide) groups is 1. The summed E-state index contributed by atoms with van der Waals surface area (Å²) >= 11 is 1.56. The van der Waals surface area contributed by atoms with Gasteiger partial charge in [-0.1, -0.05) is 18.2 Å². The van der Waals surface area contributed by atoms with E-state index in [9.17, 15) is 14.7 Å². The van der Waals surface area contributed by atoms with E-state index >= 15 is 0 Å². The third-order valence-electron chi connectivity index (χ3n) is 3.22. The van der Waals surface area contributed by atoms with Crippen molar-refractivity contribution < 1.29 is 19.4 Å². The fourth-order valence-electron chi connectivity index (χ4n) is 2.22. The minimum Gasteiger partial charge on any atom is -0.480 e. The molecule has 1 amide bonds. The molecule has 6 heteroatoms. The zero-order chi connectivity index (χ0) is 14.5. The lowest BCUT2D eigenvalue weighted by molar-refractivity contribution is -0.141. The molecule has 0 bridgehead atoms. The van der Waals surface area contributed by atoms with E-state index in [0.29, 0.717) is 24.5 Å². The van der Waals surface area contributed by atoms with Gasteiger partial charge < -0.3 is 14.7 Å². The highest BCUT2D eigenvalue weighted by atomic mass is 32.2. The molecular weight excluding hydrogens is 278 g/mol. The first-order valence-corrected chi connectivity index (χ1v) is 7.49. The fraction of sp³-hybridized carbons (Fsp3) is 0.429. The van der Waals surface area contributed by atoms with Crippen molar-refractivity contribution in [1.82, 2.24) is 4.90 Å². The number of rotatable bonds is 4. The van der Waals surface area contributed by atoms with Crippen LogP contribution in [0.2, 0.25) is 0 Å². The summed E-state index contributed by atoms with van der Waals surface area (Å²) in [6, 6.07) is 6.41. The molecule has 1 aliphatic rings. The molecule has 0 spiro atoms. The molecule has 1 atom stereocenters. The topological polar surface area (TPSA) is 66.8 Å². The number of methoxy groups -OCH3 is 1. The highest BCUT2D eigenvalue weighted by Gasteiger charge is 2.33. The smallest absolute Gasteiger partial charge is 0.327 e. The van der Waals surface area contributed by atoms with Gasteiger partial charge in [-0.3, -0.25) is 4.79 Å². The Hall–Kier alpha value is -1.53. The van der Waals surface area contributed by atoms with Crippen molar-refractivity contribution in [1.29, 1.82) is 0 Å². The predicted octanol–water partition coefficient (Wildman–Crippen LogP) is 1.48. The summed E-state index contributed by atoms with van der Waals surface area (Å²) in [5.74, 6) is 0.0234. The molecule has 0 aliphatic carbocycles. The molecular formula is C14H17NO4S. The normalized spacial score (nSPS) is 18.9. The van der Waals surface area contributed by atoms with Gasteiger partial charge in [-0.25, -0.2) is 4.79 Å². The van der Waals surface area contributed by atoms with Crippen LogP contribution in [0.15, 0.2) is 24.3 Å². The minimum absolute atomic E-state index is 0.231. The van der Waals surface area contributed by atoms with Crippen molar-refractivity contribution in [3.63, 3.8) is 0 Å². The molecule has 1 saturated heterocycles. The first-order chi connectivity index (χ1) is 9.65. The fourth-order valence-corrected chi connectivity index (χ4v) is 3.25. The van der Waals surface area contributed by atoms with Crippen LogP contribution in [-0.2, 0) is 16.1 Å². The molecule has 0 saturated carbocycles. The SMILES string of the molecule is COCc1ccccc1C(=O)N1CCSCC1C(=O)O. The highest BCUT2D eigenvalue weighted by Crippen LogP contribution is 2.21. The van der Waals surface area contributed by atoms with Crippen LogP contribution < -0.4 is 0 Å². The lowest BCUT2D eigenvalue weighted by Crippen LogP contribution is -2.50. The number of hydrogen-bond donors (Lipinski definition) is 1. The molecule has 1 aromatic carbocycles. The van der Waals surface area contributed by atoms with E-state index in [1.807, 2.05) is 12.1 Å². The van der Waals surface area contributed by atoms with Gasteiger partial charge in [-0.2, -0.15) is 11.8 Å². The van der Waals surface area contributed by atoms with E-state index < -0.39 is 12.0 Å². The minimum atomic E-state index is -0.949. The molecule has 1 heterocycles. The van der Waals surface area contributed by atoms with Gasteiger partial charge in [0.25, 0.3) is 5.91 Å². The lowest BCUT2D eigenvalue weighted by Gasteiger charge is -2.33. The summed E-state index contributed by atoms with van der Waals surface area (Å²) in [5, 5.41) is 9.25. The molecule has 5 nitrogen and oxygen atoms in total. The number of nitrogens with zero attached hydrogens (tertiary/aromatic N) is 1.